The Hall–Kier alpha value is -2.79. The summed E-state index contributed by atoms with van der Waals surface area (Å²) >= 11 is 5.98. The summed E-state index contributed by atoms with van der Waals surface area (Å²) in [6.45, 7) is 3.67. The maximum Gasteiger partial charge on any atom is 0.277 e. The van der Waals surface area contributed by atoms with Crippen molar-refractivity contribution in [3.05, 3.63) is 64.3 Å². The molecule has 0 aliphatic rings. The predicted octanol–water partition coefficient (Wildman–Crippen LogP) is 3.97. The summed E-state index contributed by atoms with van der Waals surface area (Å²) in [6.07, 6.45) is 3.47. The van der Waals surface area contributed by atoms with E-state index in [0.29, 0.717) is 10.8 Å². The van der Waals surface area contributed by atoms with E-state index in [1.54, 1.807) is 18.3 Å². The van der Waals surface area contributed by atoms with Crippen LogP contribution in [0.2, 0.25) is 5.02 Å². The Balaban J connectivity index is 1.56. The molecule has 0 unspecified atom stereocenters. The van der Waals surface area contributed by atoms with Gasteiger partial charge in [-0.3, -0.25) is 4.79 Å². The van der Waals surface area contributed by atoms with Gasteiger partial charge in [0, 0.05) is 16.7 Å². The van der Waals surface area contributed by atoms with E-state index in [1.165, 1.54) is 0 Å². The first-order valence-corrected chi connectivity index (χ1v) is 8.19. The highest BCUT2D eigenvalue weighted by Crippen LogP contribution is 2.26. The summed E-state index contributed by atoms with van der Waals surface area (Å²) in [5.41, 5.74) is 6.15. The van der Waals surface area contributed by atoms with Crippen LogP contribution in [-0.2, 0) is 4.79 Å². The second-order valence-electron chi connectivity index (χ2n) is 5.77. The van der Waals surface area contributed by atoms with Gasteiger partial charge in [0.25, 0.3) is 5.91 Å². The first-order chi connectivity index (χ1) is 12.0. The normalized spacial score (nSPS) is 11.2. The molecule has 3 rings (SSSR count). The predicted molar refractivity (Wildman–Crippen MR) is 100 cm³/mol. The average molecular weight is 356 g/mol. The lowest BCUT2D eigenvalue weighted by atomic mass is 10.1. The molecular formula is C19H18ClN3O2. The summed E-state index contributed by atoms with van der Waals surface area (Å²) in [6, 6.07) is 11.5. The molecule has 0 saturated heterocycles. The van der Waals surface area contributed by atoms with Gasteiger partial charge >= 0.3 is 0 Å². The first-order valence-electron chi connectivity index (χ1n) is 7.81. The van der Waals surface area contributed by atoms with Crippen molar-refractivity contribution in [2.45, 2.75) is 13.8 Å². The number of hydrogen-bond acceptors (Lipinski definition) is 3. The van der Waals surface area contributed by atoms with E-state index in [0.717, 1.165) is 27.6 Å². The highest BCUT2D eigenvalue weighted by molar-refractivity contribution is 6.30. The van der Waals surface area contributed by atoms with Crippen LogP contribution in [0, 0.1) is 13.8 Å². The molecule has 0 saturated carbocycles. The molecular weight excluding hydrogens is 338 g/mol. The Morgan fingerprint density at radius 1 is 1.24 bits per heavy atom. The number of aryl methyl sites for hydroxylation is 2. The number of carbonyl (C=O) groups excluding carboxylic acids is 1. The fraction of sp³-hybridized carbons (Fsp3) is 0.158. The van der Waals surface area contributed by atoms with E-state index >= 15 is 0 Å². The van der Waals surface area contributed by atoms with Crippen LogP contribution in [0.3, 0.4) is 0 Å². The fourth-order valence-corrected chi connectivity index (χ4v) is 2.95. The largest absolute Gasteiger partial charge is 0.483 e. The minimum absolute atomic E-state index is 0.115. The lowest BCUT2D eigenvalue weighted by Gasteiger charge is -2.11. The molecule has 0 radical (unpaired) electrons. The molecule has 1 heterocycles. The number of benzene rings is 2. The molecule has 0 bridgehead atoms. The number of carbonyl (C=O) groups is 1. The number of aromatic nitrogens is 1. The number of hydrazone groups is 1. The minimum Gasteiger partial charge on any atom is -0.483 e. The van der Waals surface area contributed by atoms with Crippen molar-refractivity contribution in [2.75, 3.05) is 6.61 Å². The lowest BCUT2D eigenvalue weighted by Crippen LogP contribution is -2.25. The number of aromatic amines is 1. The van der Waals surface area contributed by atoms with Gasteiger partial charge in [-0.2, -0.15) is 5.10 Å². The second-order valence-corrected chi connectivity index (χ2v) is 6.21. The van der Waals surface area contributed by atoms with Gasteiger partial charge < -0.3 is 9.72 Å². The van der Waals surface area contributed by atoms with Crippen LogP contribution in [0.25, 0.3) is 10.9 Å². The summed E-state index contributed by atoms with van der Waals surface area (Å²) < 4.78 is 5.58. The van der Waals surface area contributed by atoms with Crippen molar-refractivity contribution < 1.29 is 9.53 Å². The van der Waals surface area contributed by atoms with Crippen molar-refractivity contribution in [2.24, 2.45) is 5.10 Å². The van der Waals surface area contributed by atoms with Gasteiger partial charge in [-0.05, 0) is 60.2 Å². The zero-order valence-corrected chi connectivity index (χ0v) is 14.7. The van der Waals surface area contributed by atoms with E-state index in [-0.39, 0.29) is 12.5 Å². The average Bonchev–Trinajstić information content (AvgIpc) is 3.01. The summed E-state index contributed by atoms with van der Waals surface area (Å²) in [7, 11) is 0. The van der Waals surface area contributed by atoms with Crippen LogP contribution in [0.1, 0.15) is 16.7 Å². The van der Waals surface area contributed by atoms with Gasteiger partial charge in [0.15, 0.2) is 6.61 Å². The van der Waals surface area contributed by atoms with Gasteiger partial charge in [0.2, 0.25) is 0 Å². The second kappa shape index (κ2) is 7.40. The molecule has 5 nitrogen and oxygen atoms in total. The zero-order chi connectivity index (χ0) is 17.8. The van der Waals surface area contributed by atoms with E-state index in [1.807, 2.05) is 44.3 Å². The van der Waals surface area contributed by atoms with Crippen molar-refractivity contribution >= 4 is 34.6 Å². The van der Waals surface area contributed by atoms with Crippen molar-refractivity contribution in [1.29, 1.82) is 0 Å². The topological polar surface area (TPSA) is 66.5 Å². The molecule has 1 aromatic heterocycles. The Morgan fingerprint density at radius 2 is 2.00 bits per heavy atom. The van der Waals surface area contributed by atoms with Crippen molar-refractivity contribution in [3.8, 4) is 5.75 Å². The zero-order valence-electron chi connectivity index (χ0n) is 14.0. The number of nitrogens with one attached hydrogen (secondary N) is 2. The minimum atomic E-state index is -0.328. The number of H-pyrrole nitrogens is 1. The summed E-state index contributed by atoms with van der Waals surface area (Å²) in [5.74, 6) is 0.340. The molecule has 3 aromatic rings. The van der Waals surface area contributed by atoms with E-state index in [2.05, 4.69) is 15.5 Å². The van der Waals surface area contributed by atoms with E-state index in [9.17, 15) is 4.79 Å². The first kappa shape index (κ1) is 17.0. The monoisotopic (exact) mass is 355 g/mol. The van der Waals surface area contributed by atoms with Crippen LogP contribution in [0.15, 0.2) is 47.7 Å². The van der Waals surface area contributed by atoms with Gasteiger partial charge in [-0.25, -0.2) is 5.43 Å². The molecule has 128 valence electrons. The van der Waals surface area contributed by atoms with E-state index < -0.39 is 0 Å². The highest BCUT2D eigenvalue weighted by Gasteiger charge is 2.08. The van der Waals surface area contributed by atoms with Crippen LogP contribution in [0.5, 0.6) is 5.75 Å². The molecule has 25 heavy (non-hydrogen) atoms. The van der Waals surface area contributed by atoms with Crippen LogP contribution in [-0.4, -0.2) is 23.7 Å². The third-order valence-corrected chi connectivity index (χ3v) is 3.97. The number of rotatable bonds is 5. The van der Waals surface area contributed by atoms with Crippen molar-refractivity contribution in [1.82, 2.24) is 10.4 Å². The highest BCUT2D eigenvalue weighted by atomic mass is 35.5. The van der Waals surface area contributed by atoms with Crippen LogP contribution < -0.4 is 10.2 Å². The fourth-order valence-electron chi connectivity index (χ4n) is 2.62. The third kappa shape index (κ3) is 4.19. The standard InChI is InChI=1S/C19H18ClN3O2/c1-12-7-16(20)8-13(2)19(12)25-11-18(24)23-22-10-14-3-4-15-5-6-21-17(15)9-14/h3-10,21H,11H2,1-2H3,(H,23,24). The number of ether oxygens (including phenoxy) is 1. The third-order valence-electron chi connectivity index (χ3n) is 3.75. The van der Waals surface area contributed by atoms with Gasteiger partial charge in [-0.1, -0.05) is 23.7 Å². The molecule has 2 aromatic carbocycles. The molecule has 1 amide bonds. The van der Waals surface area contributed by atoms with Crippen LogP contribution >= 0.6 is 11.6 Å². The molecule has 0 aliphatic carbocycles. The number of nitrogens with zero attached hydrogens (tertiary/aromatic N) is 1. The molecule has 2 N–H and O–H groups in total. The smallest absolute Gasteiger partial charge is 0.277 e. The molecule has 0 aliphatic heterocycles. The van der Waals surface area contributed by atoms with Gasteiger partial charge in [-0.15, -0.1) is 0 Å². The summed E-state index contributed by atoms with van der Waals surface area (Å²) in [4.78, 5) is 15.0. The van der Waals surface area contributed by atoms with Gasteiger partial charge in [0.05, 0.1) is 6.21 Å². The number of halogens is 1. The van der Waals surface area contributed by atoms with Gasteiger partial charge in [0.1, 0.15) is 5.75 Å². The maximum absolute atomic E-state index is 11.9. The summed E-state index contributed by atoms with van der Waals surface area (Å²) in [5, 5.41) is 5.74. The quantitative estimate of drug-likeness (QED) is 0.537. The molecule has 0 atom stereocenters. The molecule has 0 spiro atoms. The lowest BCUT2D eigenvalue weighted by molar-refractivity contribution is -0.123. The Bertz CT molecular complexity index is 924. The SMILES string of the molecule is Cc1cc(Cl)cc(C)c1OCC(=O)NN=Cc1ccc2cc[nH]c2c1. The number of amides is 1. The molecule has 0 fully saturated rings. The van der Waals surface area contributed by atoms with Crippen LogP contribution in [0.4, 0.5) is 0 Å². The Kier molecular flexibility index (Phi) is 5.05. The number of fused-ring (bicyclic) bond motifs is 1. The Labute approximate surface area is 150 Å². The Morgan fingerprint density at radius 3 is 2.76 bits per heavy atom. The molecule has 6 heteroatoms. The van der Waals surface area contributed by atoms with E-state index in [4.69, 9.17) is 16.3 Å². The van der Waals surface area contributed by atoms with Crippen molar-refractivity contribution in [3.63, 3.8) is 0 Å². The number of hydrogen-bond donors (Lipinski definition) is 2. The maximum atomic E-state index is 11.9.